The summed E-state index contributed by atoms with van der Waals surface area (Å²) in [6.45, 7) is 5.23. The minimum absolute atomic E-state index is 0.0325. The third kappa shape index (κ3) is 6.46. The van der Waals surface area contributed by atoms with Crippen molar-refractivity contribution in [2.75, 3.05) is 25.2 Å². The molecule has 23 heavy (non-hydrogen) atoms. The number of carbonyl (C=O) groups excluding carboxylic acids is 2. The van der Waals surface area contributed by atoms with Crippen LogP contribution in [0.3, 0.4) is 0 Å². The van der Waals surface area contributed by atoms with Crippen LogP contribution < -0.4 is 16.2 Å². The minimum Gasteiger partial charge on any atom is -0.493 e. The molecule has 0 spiro atoms. The largest absolute Gasteiger partial charge is 0.493 e. The number of anilines is 2. The molecule has 7 heteroatoms. The molecular formula is C16H24N2O5. The Morgan fingerprint density at radius 1 is 1.17 bits per heavy atom. The van der Waals surface area contributed by atoms with E-state index in [4.69, 9.17) is 25.7 Å². The van der Waals surface area contributed by atoms with Gasteiger partial charge in [-0.1, -0.05) is 0 Å². The zero-order valence-corrected chi connectivity index (χ0v) is 13.9. The van der Waals surface area contributed by atoms with Gasteiger partial charge in [-0.2, -0.15) is 0 Å². The van der Waals surface area contributed by atoms with E-state index in [1.54, 1.807) is 39.0 Å². The average Bonchev–Trinajstić information content (AvgIpc) is 2.44. The molecule has 0 saturated carbocycles. The minimum atomic E-state index is -0.770. The van der Waals surface area contributed by atoms with Crippen molar-refractivity contribution in [3.05, 3.63) is 18.2 Å². The zero-order valence-electron chi connectivity index (χ0n) is 13.9. The van der Waals surface area contributed by atoms with Crippen LogP contribution in [-0.2, 0) is 19.1 Å². The Kier molecular flexibility index (Phi) is 6.24. The number of nitrogen functional groups attached to an aromatic ring is 2. The Bertz CT molecular complexity index is 566. The van der Waals surface area contributed by atoms with Gasteiger partial charge < -0.3 is 25.7 Å². The SMILES string of the molecule is COC(=O)C(COc1ccc(N)c(N)c1)CC(=O)OC(C)(C)C. The molecule has 0 bridgehead atoms. The van der Waals surface area contributed by atoms with E-state index in [9.17, 15) is 9.59 Å². The molecule has 1 aromatic carbocycles. The molecule has 1 atom stereocenters. The van der Waals surface area contributed by atoms with Crippen molar-refractivity contribution in [2.45, 2.75) is 32.8 Å². The maximum absolute atomic E-state index is 11.9. The highest BCUT2D eigenvalue weighted by atomic mass is 16.6. The van der Waals surface area contributed by atoms with Crippen LogP contribution >= 0.6 is 0 Å². The second kappa shape index (κ2) is 7.71. The van der Waals surface area contributed by atoms with Crippen molar-refractivity contribution in [3.63, 3.8) is 0 Å². The first kappa shape index (κ1) is 18.6. The molecule has 0 heterocycles. The van der Waals surface area contributed by atoms with Crippen molar-refractivity contribution in [2.24, 2.45) is 5.92 Å². The van der Waals surface area contributed by atoms with Crippen LogP contribution in [-0.4, -0.2) is 31.3 Å². The van der Waals surface area contributed by atoms with E-state index in [1.165, 1.54) is 7.11 Å². The summed E-state index contributed by atoms with van der Waals surface area (Å²) in [5, 5.41) is 0. The molecule has 1 aromatic rings. The predicted octanol–water partition coefficient (Wildman–Crippen LogP) is 1.75. The summed E-state index contributed by atoms with van der Waals surface area (Å²) in [7, 11) is 1.26. The number of hydrogen-bond acceptors (Lipinski definition) is 7. The summed E-state index contributed by atoms with van der Waals surface area (Å²) >= 11 is 0. The van der Waals surface area contributed by atoms with Crippen LogP contribution in [0.4, 0.5) is 11.4 Å². The molecule has 128 valence electrons. The Balaban J connectivity index is 2.69. The van der Waals surface area contributed by atoms with E-state index < -0.39 is 23.5 Å². The van der Waals surface area contributed by atoms with Crippen LogP contribution in [0.15, 0.2) is 18.2 Å². The van der Waals surface area contributed by atoms with Crippen molar-refractivity contribution in [3.8, 4) is 5.75 Å². The van der Waals surface area contributed by atoms with Gasteiger partial charge in [0, 0.05) is 6.07 Å². The number of esters is 2. The first-order chi connectivity index (χ1) is 10.6. The van der Waals surface area contributed by atoms with Gasteiger partial charge in [-0.3, -0.25) is 9.59 Å². The quantitative estimate of drug-likeness (QED) is 0.605. The second-order valence-electron chi connectivity index (χ2n) is 6.11. The van der Waals surface area contributed by atoms with Crippen LogP contribution in [0.2, 0.25) is 0 Å². The number of carbonyl (C=O) groups is 2. The van der Waals surface area contributed by atoms with Gasteiger partial charge in [0.1, 0.15) is 23.9 Å². The smallest absolute Gasteiger partial charge is 0.312 e. The molecule has 0 aliphatic carbocycles. The van der Waals surface area contributed by atoms with E-state index in [0.29, 0.717) is 17.1 Å². The number of methoxy groups -OCH3 is 1. The maximum Gasteiger partial charge on any atom is 0.312 e. The van der Waals surface area contributed by atoms with Gasteiger partial charge >= 0.3 is 11.9 Å². The van der Waals surface area contributed by atoms with Crippen LogP contribution in [0.5, 0.6) is 5.75 Å². The van der Waals surface area contributed by atoms with Crippen molar-refractivity contribution >= 4 is 23.3 Å². The fourth-order valence-corrected chi connectivity index (χ4v) is 1.80. The molecule has 0 amide bonds. The fraction of sp³-hybridized carbons (Fsp3) is 0.500. The topological polar surface area (TPSA) is 114 Å². The lowest BCUT2D eigenvalue weighted by Crippen LogP contribution is -2.30. The number of nitrogens with two attached hydrogens (primary N) is 2. The third-order valence-corrected chi connectivity index (χ3v) is 2.88. The lowest BCUT2D eigenvalue weighted by atomic mass is 10.1. The standard InChI is InChI=1S/C16H24N2O5/c1-16(2,3)23-14(19)7-10(15(20)21-4)9-22-11-5-6-12(17)13(18)8-11/h5-6,8,10H,7,9,17-18H2,1-4H3. The molecule has 0 radical (unpaired) electrons. The molecule has 0 saturated heterocycles. The molecule has 0 aliphatic heterocycles. The lowest BCUT2D eigenvalue weighted by Gasteiger charge is -2.21. The van der Waals surface area contributed by atoms with E-state index in [2.05, 4.69) is 0 Å². The molecular weight excluding hydrogens is 300 g/mol. The van der Waals surface area contributed by atoms with E-state index in [1.807, 2.05) is 0 Å². The predicted molar refractivity (Wildman–Crippen MR) is 86.7 cm³/mol. The summed E-state index contributed by atoms with van der Waals surface area (Å²) in [6.07, 6.45) is -0.131. The zero-order chi connectivity index (χ0) is 17.6. The Morgan fingerprint density at radius 3 is 2.35 bits per heavy atom. The highest BCUT2D eigenvalue weighted by Gasteiger charge is 2.27. The normalized spacial score (nSPS) is 12.3. The van der Waals surface area contributed by atoms with Crippen molar-refractivity contribution in [1.82, 2.24) is 0 Å². The Labute approximate surface area is 135 Å². The molecule has 0 fully saturated rings. The second-order valence-corrected chi connectivity index (χ2v) is 6.11. The summed E-state index contributed by atoms with van der Waals surface area (Å²) in [5.41, 5.74) is 11.5. The highest BCUT2D eigenvalue weighted by Crippen LogP contribution is 2.22. The molecule has 1 rings (SSSR count). The number of rotatable bonds is 6. The van der Waals surface area contributed by atoms with Crippen LogP contribution in [0.1, 0.15) is 27.2 Å². The van der Waals surface area contributed by atoms with Crippen molar-refractivity contribution in [1.29, 1.82) is 0 Å². The average molecular weight is 324 g/mol. The number of hydrogen-bond donors (Lipinski definition) is 2. The van der Waals surface area contributed by atoms with Crippen molar-refractivity contribution < 1.29 is 23.8 Å². The Hall–Kier alpha value is -2.44. The molecule has 0 aliphatic rings. The Morgan fingerprint density at radius 2 is 1.83 bits per heavy atom. The molecule has 4 N–H and O–H groups in total. The van der Waals surface area contributed by atoms with E-state index in [0.717, 1.165) is 0 Å². The van der Waals surface area contributed by atoms with Gasteiger partial charge in [0.25, 0.3) is 0 Å². The molecule has 7 nitrogen and oxygen atoms in total. The highest BCUT2D eigenvalue weighted by molar-refractivity contribution is 5.80. The summed E-state index contributed by atoms with van der Waals surface area (Å²) in [6, 6.07) is 4.79. The van der Waals surface area contributed by atoms with E-state index in [-0.39, 0.29) is 13.0 Å². The first-order valence-electron chi connectivity index (χ1n) is 7.20. The van der Waals surface area contributed by atoms with Crippen LogP contribution in [0, 0.1) is 5.92 Å². The summed E-state index contributed by atoms with van der Waals surface area (Å²) in [5.74, 6) is -1.35. The van der Waals surface area contributed by atoms with Gasteiger partial charge in [0.2, 0.25) is 0 Å². The first-order valence-corrected chi connectivity index (χ1v) is 7.20. The van der Waals surface area contributed by atoms with Gasteiger partial charge in [0.15, 0.2) is 0 Å². The van der Waals surface area contributed by atoms with Gasteiger partial charge in [-0.05, 0) is 32.9 Å². The van der Waals surface area contributed by atoms with Gasteiger partial charge in [-0.15, -0.1) is 0 Å². The summed E-state index contributed by atoms with van der Waals surface area (Å²) < 4.78 is 15.4. The van der Waals surface area contributed by atoms with Gasteiger partial charge in [0.05, 0.1) is 24.9 Å². The lowest BCUT2D eigenvalue weighted by molar-refractivity contribution is -0.161. The maximum atomic E-state index is 11.9. The molecule has 0 aromatic heterocycles. The fourth-order valence-electron chi connectivity index (χ4n) is 1.80. The van der Waals surface area contributed by atoms with Crippen LogP contribution in [0.25, 0.3) is 0 Å². The monoisotopic (exact) mass is 324 g/mol. The molecule has 1 unspecified atom stereocenters. The van der Waals surface area contributed by atoms with Gasteiger partial charge in [-0.25, -0.2) is 0 Å². The number of ether oxygens (including phenoxy) is 3. The van der Waals surface area contributed by atoms with E-state index >= 15 is 0 Å². The third-order valence-electron chi connectivity index (χ3n) is 2.88. The summed E-state index contributed by atoms with van der Waals surface area (Å²) in [4.78, 5) is 23.7. The number of benzene rings is 1.